The summed E-state index contributed by atoms with van der Waals surface area (Å²) in [6, 6.07) is 1.44. The number of hydrogen-bond acceptors (Lipinski definition) is 3. The summed E-state index contributed by atoms with van der Waals surface area (Å²) in [6.45, 7) is 3.08. The molecule has 0 aliphatic heterocycles. The highest BCUT2D eigenvalue weighted by Gasteiger charge is 2.23. The zero-order valence-electron chi connectivity index (χ0n) is 8.34. The summed E-state index contributed by atoms with van der Waals surface area (Å²) in [6.07, 6.45) is 0. The van der Waals surface area contributed by atoms with Crippen molar-refractivity contribution in [3.05, 3.63) is 23.0 Å². The predicted octanol–water partition coefficient (Wildman–Crippen LogP) is 0.131. The summed E-state index contributed by atoms with van der Waals surface area (Å²) in [5.74, 6) is -0.148. The number of ether oxygens (including phenoxy) is 1. The van der Waals surface area contributed by atoms with Crippen LogP contribution in [-0.2, 0) is 0 Å². The van der Waals surface area contributed by atoms with Crippen LogP contribution < -0.4 is 10.2 Å². The quantitative estimate of drug-likeness (QED) is 0.664. The van der Waals surface area contributed by atoms with E-state index < -0.39 is 12.9 Å². The van der Waals surface area contributed by atoms with Gasteiger partial charge in [-0.3, -0.25) is 0 Å². The molecule has 0 spiro atoms. The van der Waals surface area contributed by atoms with Crippen molar-refractivity contribution in [3.63, 3.8) is 0 Å². The fraction of sp³-hybridized carbons (Fsp3) is 0.333. The molecule has 0 saturated heterocycles. The van der Waals surface area contributed by atoms with Crippen LogP contribution >= 0.6 is 0 Å². The van der Waals surface area contributed by atoms with Crippen molar-refractivity contribution >= 4 is 12.6 Å². The Balaban J connectivity index is 3.45. The second-order valence-electron chi connectivity index (χ2n) is 3.12. The van der Waals surface area contributed by atoms with Gasteiger partial charge in [0, 0.05) is 5.46 Å². The molecule has 0 saturated carbocycles. The number of benzene rings is 1. The van der Waals surface area contributed by atoms with Crippen LogP contribution in [0.15, 0.2) is 6.07 Å². The van der Waals surface area contributed by atoms with Gasteiger partial charge in [0.2, 0.25) is 0 Å². The Morgan fingerprint density at radius 3 is 2.36 bits per heavy atom. The second-order valence-corrected chi connectivity index (χ2v) is 3.12. The van der Waals surface area contributed by atoms with Crippen LogP contribution in [0.5, 0.6) is 5.75 Å². The van der Waals surface area contributed by atoms with Crippen molar-refractivity contribution in [3.8, 4) is 5.75 Å². The molecule has 3 nitrogen and oxygen atoms in total. The highest BCUT2D eigenvalue weighted by atomic mass is 19.1. The number of halogens is 1. The molecule has 0 radical (unpaired) electrons. The molecule has 14 heavy (non-hydrogen) atoms. The number of hydrogen-bond donors (Lipinski definition) is 2. The molecule has 76 valence electrons. The monoisotopic (exact) mass is 198 g/mol. The fourth-order valence-corrected chi connectivity index (χ4v) is 1.43. The minimum absolute atomic E-state index is 0.0793. The van der Waals surface area contributed by atoms with Crippen LogP contribution in [0.4, 0.5) is 4.39 Å². The van der Waals surface area contributed by atoms with Crippen LogP contribution in [0.3, 0.4) is 0 Å². The molecule has 0 atom stereocenters. The first-order valence-corrected chi connectivity index (χ1v) is 4.18. The summed E-state index contributed by atoms with van der Waals surface area (Å²) in [4.78, 5) is 0. The van der Waals surface area contributed by atoms with Gasteiger partial charge in [0.25, 0.3) is 0 Å². The van der Waals surface area contributed by atoms with E-state index in [1.807, 2.05) is 0 Å². The van der Waals surface area contributed by atoms with Crippen molar-refractivity contribution in [2.45, 2.75) is 13.8 Å². The smallest absolute Gasteiger partial charge is 0.492 e. The third-order valence-corrected chi connectivity index (χ3v) is 2.17. The van der Waals surface area contributed by atoms with Gasteiger partial charge in [0.05, 0.1) is 7.11 Å². The molecule has 0 heterocycles. The van der Waals surface area contributed by atoms with E-state index in [1.54, 1.807) is 6.92 Å². The average Bonchev–Trinajstić information content (AvgIpc) is 2.12. The molecule has 1 rings (SSSR count). The van der Waals surface area contributed by atoms with Crippen molar-refractivity contribution in [2.75, 3.05) is 7.11 Å². The van der Waals surface area contributed by atoms with Gasteiger partial charge in [-0.15, -0.1) is 0 Å². The Hall–Kier alpha value is -1.07. The largest absolute Gasteiger partial charge is 0.497 e. The van der Waals surface area contributed by atoms with Crippen LogP contribution in [0, 0.1) is 19.7 Å². The normalized spacial score (nSPS) is 10.1. The second kappa shape index (κ2) is 3.98. The van der Waals surface area contributed by atoms with Crippen molar-refractivity contribution < 1.29 is 19.2 Å². The maximum atomic E-state index is 13.4. The maximum absolute atomic E-state index is 13.4. The summed E-state index contributed by atoms with van der Waals surface area (Å²) in [5, 5.41) is 18.1. The van der Waals surface area contributed by atoms with Gasteiger partial charge in [-0.25, -0.2) is 4.39 Å². The SMILES string of the molecule is COc1cc(C)c(F)c(C)c1B(O)O. The van der Waals surface area contributed by atoms with Crippen molar-refractivity contribution in [2.24, 2.45) is 0 Å². The Morgan fingerprint density at radius 1 is 1.36 bits per heavy atom. The van der Waals surface area contributed by atoms with E-state index in [1.165, 1.54) is 20.1 Å². The Kier molecular flexibility index (Phi) is 3.13. The molecule has 0 bridgehead atoms. The van der Waals surface area contributed by atoms with E-state index in [2.05, 4.69) is 0 Å². The molecule has 0 unspecified atom stereocenters. The standard InChI is InChI=1S/C9H12BFO3/c1-5-4-7(14-3)8(10(12)13)6(2)9(5)11/h4,12-13H,1-3H3. The minimum atomic E-state index is -1.72. The van der Waals surface area contributed by atoms with Gasteiger partial charge >= 0.3 is 7.12 Å². The highest BCUT2D eigenvalue weighted by molar-refractivity contribution is 6.60. The van der Waals surface area contributed by atoms with Gasteiger partial charge in [0.1, 0.15) is 11.6 Å². The van der Waals surface area contributed by atoms with Crippen LogP contribution in [-0.4, -0.2) is 24.3 Å². The molecule has 5 heteroatoms. The molecular weight excluding hydrogens is 186 g/mol. The fourth-order valence-electron chi connectivity index (χ4n) is 1.43. The average molecular weight is 198 g/mol. The minimum Gasteiger partial charge on any atom is -0.497 e. The van der Waals surface area contributed by atoms with Crippen LogP contribution in [0.25, 0.3) is 0 Å². The number of methoxy groups -OCH3 is 1. The van der Waals surface area contributed by atoms with E-state index >= 15 is 0 Å². The molecule has 0 aromatic heterocycles. The van der Waals surface area contributed by atoms with E-state index in [0.717, 1.165) is 0 Å². The van der Waals surface area contributed by atoms with Gasteiger partial charge in [-0.2, -0.15) is 0 Å². The van der Waals surface area contributed by atoms with E-state index in [-0.39, 0.29) is 16.8 Å². The van der Waals surface area contributed by atoms with Gasteiger partial charge in [-0.05, 0) is 31.0 Å². The number of rotatable bonds is 2. The lowest BCUT2D eigenvalue weighted by Gasteiger charge is -2.13. The summed E-state index contributed by atoms with van der Waals surface area (Å²) in [5.41, 5.74) is 0.705. The molecule has 1 aromatic rings. The maximum Gasteiger partial charge on any atom is 0.492 e. The molecule has 1 aromatic carbocycles. The first-order chi connectivity index (χ1) is 6.49. The van der Waals surface area contributed by atoms with Crippen molar-refractivity contribution in [1.82, 2.24) is 0 Å². The molecule has 0 aliphatic rings. The zero-order valence-corrected chi connectivity index (χ0v) is 8.34. The van der Waals surface area contributed by atoms with E-state index in [0.29, 0.717) is 5.56 Å². The van der Waals surface area contributed by atoms with E-state index in [4.69, 9.17) is 14.8 Å². The molecular formula is C9H12BFO3. The van der Waals surface area contributed by atoms with Crippen LogP contribution in [0.2, 0.25) is 0 Å². The third-order valence-electron chi connectivity index (χ3n) is 2.17. The highest BCUT2D eigenvalue weighted by Crippen LogP contribution is 2.18. The summed E-state index contributed by atoms with van der Waals surface area (Å²) in [7, 11) is -0.321. The summed E-state index contributed by atoms with van der Waals surface area (Å²) < 4.78 is 18.3. The van der Waals surface area contributed by atoms with Crippen molar-refractivity contribution in [1.29, 1.82) is 0 Å². The Morgan fingerprint density at radius 2 is 1.93 bits per heavy atom. The van der Waals surface area contributed by atoms with E-state index in [9.17, 15) is 4.39 Å². The molecule has 2 N–H and O–H groups in total. The molecule has 0 amide bonds. The lowest BCUT2D eigenvalue weighted by Crippen LogP contribution is -2.34. The molecule has 0 fully saturated rings. The Labute approximate surface area is 82.3 Å². The van der Waals surface area contributed by atoms with Crippen LogP contribution in [0.1, 0.15) is 11.1 Å². The predicted molar refractivity (Wildman–Crippen MR) is 52.3 cm³/mol. The topological polar surface area (TPSA) is 49.7 Å². The summed E-state index contributed by atoms with van der Waals surface area (Å²) >= 11 is 0. The first kappa shape index (κ1) is 11.0. The molecule has 0 aliphatic carbocycles. The number of aryl methyl sites for hydroxylation is 1. The first-order valence-electron chi connectivity index (χ1n) is 4.18. The van der Waals surface area contributed by atoms with Gasteiger partial charge < -0.3 is 14.8 Å². The Bertz CT molecular complexity index is 352. The zero-order chi connectivity index (χ0) is 10.9. The van der Waals surface area contributed by atoms with Gasteiger partial charge in [0.15, 0.2) is 0 Å². The lowest BCUT2D eigenvalue weighted by molar-refractivity contribution is 0.401. The lowest BCUT2D eigenvalue weighted by atomic mass is 9.76. The van der Waals surface area contributed by atoms with Gasteiger partial charge in [-0.1, -0.05) is 0 Å². The third kappa shape index (κ3) is 1.74.